The summed E-state index contributed by atoms with van der Waals surface area (Å²) in [5.74, 6) is 1.89. The number of hydrogen-bond donors (Lipinski definition) is 3. The summed E-state index contributed by atoms with van der Waals surface area (Å²) < 4.78 is 6.47. The molecule has 4 rings (SSSR count). The van der Waals surface area contributed by atoms with Crippen molar-refractivity contribution >= 4 is 33.3 Å². The van der Waals surface area contributed by atoms with E-state index in [2.05, 4.69) is 15.6 Å². The zero-order valence-electron chi connectivity index (χ0n) is 21.0. The Kier molecular flexibility index (Phi) is 7.35. The molecule has 3 N–H and O–H groups in total. The Hall–Kier alpha value is -2.36. The first-order valence-electron chi connectivity index (χ1n) is 12.0. The number of ether oxygens (including phenoxy) is 1. The SMILES string of the molecule is CO[C@H](C)CNc1nc(C)c(-c2nc3c(C)nccc3s2)c(N[C@H]2CC[C@@H](CC(C)(C)O)C2)n1. The Bertz CT molecular complexity index is 1140. The maximum atomic E-state index is 10.3. The first kappa shape index (κ1) is 24.8. The Morgan fingerprint density at radius 2 is 2.00 bits per heavy atom. The molecule has 0 bridgehead atoms. The molecule has 9 heteroatoms. The largest absolute Gasteiger partial charge is 0.390 e. The molecule has 3 atom stereocenters. The van der Waals surface area contributed by atoms with Crippen molar-refractivity contribution in [1.82, 2.24) is 19.9 Å². The minimum Gasteiger partial charge on any atom is -0.390 e. The molecule has 0 aliphatic heterocycles. The number of fused-ring (bicyclic) bond motifs is 1. The molecule has 3 aromatic heterocycles. The van der Waals surface area contributed by atoms with Gasteiger partial charge < -0.3 is 20.5 Å². The van der Waals surface area contributed by atoms with E-state index in [4.69, 9.17) is 19.7 Å². The van der Waals surface area contributed by atoms with Gasteiger partial charge in [-0.05, 0) is 72.3 Å². The fourth-order valence-corrected chi connectivity index (χ4v) is 5.82. The number of hydrogen-bond acceptors (Lipinski definition) is 9. The molecule has 8 nitrogen and oxygen atoms in total. The predicted molar refractivity (Wildman–Crippen MR) is 139 cm³/mol. The summed E-state index contributed by atoms with van der Waals surface area (Å²) in [6.07, 6.45) is 5.86. The van der Waals surface area contributed by atoms with Crippen LogP contribution in [0.2, 0.25) is 0 Å². The Morgan fingerprint density at radius 1 is 1.21 bits per heavy atom. The number of thiazole rings is 1. The molecule has 3 heterocycles. The normalized spacial score (nSPS) is 19.5. The summed E-state index contributed by atoms with van der Waals surface area (Å²) in [6, 6.07) is 2.30. The van der Waals surface area contributed by atoms with Crippen molar-refractivity contribution in [3.05, 3.63) is 23.7 Å². The Balaban J connectivity index is 1.66. The van der Waals surface area contributed by atoms with Crippen LogP contribution in [-0.2, 0) is 4.74 Å². The van der Waals surface area contributed by atoms with Gasteiger partial charge in [0.25, 0.3) is 0 Å². The molecular weight excluding hydrogens is 448 g/mol. The van der Waals surface area contributed by atoms with E-state index in [-0.39, 0.29) is 6.10 Å². The van der Waals surface area contributed by atoms with Crippen LogP contribution in [0, 0.1) is 19.8 Å². The quantitative estimate of drug-likeness (QED) is 0.392. The summed E-state index contributed by atoms with van der Waals surface area (Å²) in [5.41, 5.74) is 3.02. The highest BCUT2D eigenvalue weighted by Gasteiger charge is 2.30. The van der Waals surface area contributed by atoms with Gasteiger partial charge in [0, 0.05) is 25.9 Å². The van der Waals surface area contributed by atoms with Crippen molar-refractivity contribution in [2.24, 2.45) is 5.92 Å². The van der Waals surface area contributed by atoms with Crippen molar-refractivity contribution < 1.29 is 9.84 Å². The van der Waals surface area contributed by atoms with Crippen molar-refractivity contribution in [2.45, 2.75) is 78.0 Å². The average molecular weight is 485 g/mol. The highest BCUT2D eigenvalue weighted by atomic mass is 32.1. The third-order valence-corrected chi connectivity index (χ3v) is 7.45. The number of methoxy groups -OCH3 is 1. The van der Waals surface area contributed by atoms with Crippen molar-refractivity contribution in [1.29, 1.82) is 0 Å². The monoisotopic (exact) mass is 484 g/mol. The van der Waals surface area contributed by atoms with E-state index in [9.17, 15) is 5.11 Å². The van der Waals surface area contributed by atoms with Gasteiger partial charge in [-0.25, -0.2) is 9.97 Å². The van der Waals surface area contributed by atoms with Crippen molar-refractivity contribution in [3.63, 3.8) is 0 Å². The third kappa shape index (κ3) is 5.82. The van der Waals surface area contributed by atoms with Crippen LogP contribution >= 0.6 is 11.3 Å². The second kappa shape index (κ2) is 10.1. The number of nitrogens with zero attached hydrogens (tertiary/aromatic N) is 4. The zero-order valence-corrected chi connectivity index (χ0v) is 21.8. The van der Waals surface area contributed by atoms with Crippen molar-refractivity contribution in [2.75, 3.05) is 24.3 Å². The van der Waals surface area contributed by atoms with Gasteiger partial charge >= 0.3 is 0 Å². The van der Waals surface area contributed by atoms with E-state index >= 15 is 0 Å². The van der Waals surface area contributed by atoms with Crippen LogP contribution in [0.15, 0.2) is 12.3 Å². The lowest BCUT2D eigenvalue weighted by Crippen LogP contribution is -2.24. The van der Waals surface area contributed by atoms with Crippen LogP contribution in [0.3, 0.4) is 0 Å². The van der Waals surface area contributed by atoms with E-state index < -0.39 is 5.60 Å². The van der Waals surface area contributed by atoms with Gasteiger partial charge in [-0.3, -0.25) is 4.98 Å². The number of aryl methyl sites for hydroxylation is 2. The predicted octanol–water partition coefficient (Wildman–Crippen LogP) is 4.95. The lowest BCUT2D eigenvalue weighted by Gasteiger charge is -2.22. The molecule has 0 aromatic carbocycles. The van der Waals surface area contributed by atoms with Crippen LogP contribution in [-0.4, -0.2) is 56.4 Å². The van der Waals surface area contributed by atoms with Crippen LogP contribution in [0.5, 0.6) is 0 Å². The third-order valence-electron chi connectivity index (χ3n) is 6.41. The van der Waals surface area contributed by atoms with E-state index in [1.807, 2.05) is 46.9 Å². The number of rotatable bonds is 9. The van der Waals surface area contributed by atoms with Crippen LogP contribution < -0.4 is 10.6 Å². The molecule has 34 heavy (non-hydrogen) atoms. The molecule has 0 unspecified atom stereocenters. The maximum Gasteiger partial charge on any atom is 0.224 e. The maximum absolute atomic E-state index is 10.3. The van der Waals surface area contributed by atoms with Gasteiger partial charge in [-0.15, -0.1) is 11.3 Å². The van der Waals surface area contributed by atoms with E-state index in [1.165, 1.54) is 0 Å². The number of pyridine rings is 1. The average Bonchev–Trinajstić information content (AvgIpc) is 3.38. The van der Waals surface area contributed by atoms with Gasteiger partial charge in [-0.2, -0.15) is 4.98 Å². The zero-order chi connectivity index (χ0) is 24.5. The highest BCUT2D eigenvalue weighted by Crippen LogP contribution is 2.39. The molecule has 1 saturated carbocycles. The highest BCUT2D eigenvalue weighted by molar-refractivity contribution is 7.21. The minimum absolute atomic E-state index is 0.0529. The van der Waals surface area contributed by atoms with Crippen LogP contribution in [0.1, 0.15) is 57.8 Å². The topological polar surface area (TPSA) is 105 Å². The summed E-state index contributed by atoms with van der Waals surface area (Å²) >= 11 is 1.64. The smallest absolute Gasteiger partial charge is 0.224 e. The van der Waals surface area contributed by atoms with Crippen molar-refractivity contribution in [3.8, 4) is 10.6 Å². The molecule has 184 valence electrons. The lowest BCUT2D eigenvalue weighted by molar-refractivity contribution is 0.0534. The number of aromatic nitrogens is 4. The number of nitrogens with one attached hydrogen (secondary N) is 2. The molecule has 1 aliphatic rings. The molecular formula is C25H36N6O2S. The minimum atomic E-state index is -0.641. The lowest BCUT2D eigenvalue weighted by atomic mass is 9.92. The van der Waals surface area contributed by atoms with Gasteiger partial charge in [0.1, 0.15) is 16.3 Å². The second-order valence-electron chi connectivity index (χ2n) is 10.1. The standard InChI is InChI=1S/C25H36N6O2S/c1-14(33-6)13-27-24-28-15(2)20(23-30-21-16(3)26-10-9-19(21)34-23)22(31-24)29-18-8-7-17(11-18)12-25(4,5)32/h9-10,14,17-18,32H,7-8,11-13H2,1-6H3,(H2,27,28,29,31)/t14-,17-,18+/m1/s1. The van der Waals surface area contributed by atoms with E-state index in [1.54, 1.807) is 18.4 Å². The van der Waals surface area contributed by atoms with E-state index in [0.717, 1.165) is 63.7 Å². The first-order chi connectivity index (χ1) is 16.1. The molecule has 0 spiro atoms. The number of aliphatic hydroxyl groups is 1. The summed E-state index contributed by atoms with van der Waals surface area (Å²) in [6.45, 7) is 10.4. The molecule has 1 aliphatic carbocycles. The molecule has 0 radical (unpaired) electrons. The molecule has 0 amide bonds. The number of anilines is 2. The van der Waals surface area contributed by atoms with Crippen LogP contribution in [0.4, 0.5) is 11.8 Å². The molecule has 0 saturated heterocycles. The van der Waals surface area contributed by atoms with Crippen LogP contribution in [0.25, 0.3) is 20.8 Å². The molecule has 3 aromatic rings. The fourth-order valence-electron chi connectivity index (χ4n) is 4.71. The Morgan fingerprint density at radius 3 is 2.71 bits per heavy atom. The summed E-state index contributed by atoms with van der Waals surface area (Å²) in [5, 5.41) is 18.2. The van der Waals surface area contributed by atoms with Gasteiger partial charge in [0.2, 0.25) is 5.95 Å². The fraction of sp³-hybridized carbons (Fsp3) is 0.600. The first-order valence-corrected chi connectivity index (χ1v) is 12.8. The Labute approximate surface area is 205 Å². The molecule has 1 fully saturated rings. The van der Waals surface area contributed by atoms with E-state index in [0.29, 0.717) is 24.5 Å². The second-order valence-corrected chi connectivity index (χ2v) is 11.1. The van der Waals surface area contributed by atoms with Gasteiger partial charge in [0.15, 0.2) is 0 Å². The van der Waals surface area contributed by atoms with Gasteiger partial charge in [-0.1, -0.05) is 0 Å². The summed E-state index contributed by atoms with van der Waals surface area (Å²) in [4.78, 5) is 19.0. The van der Waals surface area contributed by atoms with Gasteiger partial charge in [0.05, 0.1) is 33.4 Å². The summed E-state index contributed by atoms with van der Waals surface area (Å²) in [7, 11) is 1.70.